The molecule has 4 aliphatic rings. The first-order chi connectivity index (χ1) is 13.0. The summed E-state index contributed by atoms with van der Waals surface area (Å²) < 4.78 is 0. The van der Waals surface area contributed by atoms with E-state index in [4.69, 9.17) is 0 Å². The maximum atomic E-state index is 12.9. The molecule has 0 spiro atoms. The number of rotatable bonds is 5. The van der Waals surface area contributed by atoms with Crippen LogP contribution in [0.4, 0.5) is 5.69 Å². The molecule has 4 aliphatic carbocycles. The molecular weight excluding hydrogens is 342 g/mol. The zero-order valence-corrected chi connectivity index (χ0v) is 15.7. The molecule has 5 rings (SSSR count). The summed E-state index contributed by atoms with van der Waals surface area (Å²) in [5.41, 5.74) is 0.909. The predicted molar refractivity (Wildman–Crippen MR) is 102 cm³/mol. The molecule has 0 aromatic heterocycles. The summed E-state index contributed by atoms with van der Waals surface area (Å²) in [6.07, 6.45) is 6.85. The maximum Gasteiger partial charge on any atom is 0.251 e. The van der Waals surface area contributed by atoms with Gasteiger partial charge in [0.2, 0.25) is 11.8 Å². The Balaban J connectivity index is 1.30. The van der Waals surface area contributed by atoms with Crippen molar-refractivity contribution in [1.82, 2.24) is 10.6 Å². The summed E-state index contributed by atoms with van der Waals surface area (Å²) >= 11 is 0. The lowest BCUT2D eigenvalue weighted by Crippen LogP contribution is -2.54. The summed E-state index contributed by atoms with van der Waals surface area (Å²) in [6.45, 7) is -0.0161. The van der Waals surface area contributed by atoms with Crippen LogP contribution in [-0.4, -0.2) is 31.3 Å². The Bertz CT molecular complexity index is 721. The van der Waals surface area contributed by atoms with Crippen LogP contribution in [0.15, 0.2) is 24.3 Å². The summed E-state index contributed by atoms with van der Waals surface area (Å²) in [7, 11) is 1.57. The van der Waals surface area contributed by atoms with E-state index in [9.17, 15) is 14.4 Å². The van der Waals surface area contributed by atoms with Crippen LogP contribution in [0.1, 0.15) is 48.9 Å². The number of hydrogen-bond acceptors (Lipinski definition) is 3. The summed E-state index contributed by atoms with van der Waals surface area (Å²) in [4.78, 5) is 36.6. The zero-order chi connectivity index (χ0) is 19.0. The third kappa shape index (κ3) is 3.57. The van der Waals surface area contributed by atoms with Gasteiger partial charge in [0.05, 0.1) is 6.54 Å². The fourth-order valence-corrected chi connectivity index (χ4v) is 5.79. The predicted octanol–water partition coefficient (Wildman–Crippen LogP) is 2.32. The van der Waals surface area contributed by atoms with E-state index in [1.165, 1.54) is 19.3 Å². The average Bonchev–Trinajstić information content (AvgIpc) is 2.65. The monoisotopic (exact) mass is 369 g/mol. The van der Waals surface area contributed by atoms with Gasteiger partial charge in [-0.3, -0.25) is 14.4 Å². The number of carbonyl (C=O) groups is 3. The van der Waals surface area contributed by atoms with Crippen LogP contribution in [0.25, 0.3) is 0 Å². The van der Waals surface area contributed by atoms with E-state index in [0.29, 0.717) is 29.0 Å². The Hall–Kier alpha value is -2.37. The molecular formula is C21H27N3O3. The van der Waals surface area contributed by atoms with E-state index in [-0.39, 0.29) is 29.7 Å². The first kappa shape index (κ1) is 18.0. The van der Waals surface area contributed by atoms with Crippen molar-refractivity contribution in [2.24, 2.45) is 23.2 Å². The Kier molecular flexibility index (Phi) is 4.66. The van der Waals surface area contributed by atoms with Gasteiger partial charge in [0.25, 0.3) is 5.91 Å². The molecule has 1 aromatic carbocycles. The first-order valence-corrected chi connectivity index (χ1v) is 9.88. The minimum atomic E-state index is -0.249. The van der Waals surface area contributed by atoms with Crippen molar-refractivity contribution in [2.75, 3.05) is 18.9 Å². The number of anilines is 1. The number of nitrogens with one attached hydrogen (secondary N) is 3. The lowest BCUT2D eigenvalue weighted by Gasteiger charge is -2.55. The number of benzene rings is 1. The lowest BCUT2D eigenvalue weighted by atomic mass is 9.49. The molecule has 4 saturated carbocycles. The highest BCUT2D eigenvalue weighted by Crippen LogP contribution is 2.60. The highest BCUT2D eigenvalue weighted by atomic mass is 16.2. The molecule has 144 valence electrons. The van der Waals surface area contributed by atoms with Crippen molar-refractivity contribution in [2.45, 2.75) is 38.5 Å². The van der Waals surface area contributed by atoms with Gasteiger partial charge in [0.15, 0.2) is 0 Å². The molecule has 4 bridgehead atoms. The van der Waals surface area contributed by atoms with Gasteiger partial charge in [-0.1, -0.05) is 0 Å². The Morgan fingerprint density at radius 2 is 1.52 bits per heavy atom. The minimum absolute atomic E-state index is 0.0161. The van der Waals surface area contributed by atoms with Crippen LogP contribution < -0.4 is 16.0 Å². The maximum absolute atomic E-state index is 12.9. The van der Waals surface area contributed by atoms with Crippen LogP contribution in [0.2, 0.25) is 0 Å². The van der Waals surface area contributed by atoms with Crippen LogP contribution in [0, 0.1) is 23.2 Å². The normalized spacial score (nSPS) is 30.6. The molecule has 0 aliphatic heterocycles. The van der Waals surface area contributed by atoms with Crippen molar-refractivity contribution in [3.8, 4) is 0 Å². The molecule has 4 fully saturated rings. The van der Waals surface area contributed by atoms with Crippen LogP contribution in [-0.2, 0) is 9.59 Å². The second-order valence-electron chi connectivity index (χ2n) is 8.59. The zero-order valence-electron chi connectivity index (χ0n) is 15.7. The largest absolute Gasteiger partial charge is 0.355 e. The van der Waals surface area contributed by atoms with Gasteiger partial charge >= 0.3 is 0 Å². The van der Waals surface area contributed by atoms with Gasteiger partial charge in [0, 0.05) is 23.7 Å². The fraction of sp³-hybridized carbons (Fsp3) is 0.571. The summed E-state index contributed by atoms with van der Waals surface area (Å²) in [6, 6.07) is 6.68. The number of hydrogen-bond donors (Lipinski definition) is 3. The van der Waals surface area contributed by atoms with E-state index in [1.54, 1.807) is 31.3 Å². The van der Waals surface area contributed by atoms with E-state index in [0.717, 1.165) is 19.3 Å². The fourth-order valence-electron chi connectivity index (χ4n) is 5.79. The molecule has 0 radical (unpaired) electrons. The SMILES string of the molecule is CNC(=O)c1ccc(NC(=O)CNC(=O)C23CC4CC(CC(C4)C2)C3)cc1. The topological polar surface area (TPSA) is 87.3 Å². The molecule has 3 N–H and O–H groups in total. The molecule has 0 saturated heterocycles. The molecule has 6 heteroatoms. The van der Waals surface area contributed by atoms with E-state index in [1.807, 2.05) is 0 Å². The minimum Gasteiger partial charge on any atom is -0.355 e. The Morgan fingerprint density at radius 1 is 0.963 bits per heavy atom. The van der Waals surface area contributed by atoms with Crippen molar-refractivity contribution in [1.29, 1.82) is 0 Å². The van der Waals surface area contributed by atoms with E-state index in [2.05, 4.69) is 16.0 Å². The number of amides is 3. The first-order valence-electron chi connectivity index (χ1n) is 9.88. The highest BCUT2D eigenvalue weighted by molar-refractivity contribution is 5.97. The molecule has 0 unspecified atom stereocenters. The van der Waals surface area contributed by atoms with Crippen LogP contribution in [0.5, 0.6) is 0 Å². The third-order valence-electron chi connectivity index (χ3n) is 6.59. The quantitative estimate of drug-likeness (QED) is 0.744. The van der Waals surface area contributed by atoms with E-state index < -0.39 is 0 Å². The Labute approximate surface area is 159 Å². The van der Waals surface area contributed by atoms with Crippen LogP contribution >= 0.6 is 0 Å². The van der Waals surface area contributed by atoms with Gasteiger partial charge in [-0.2, -0.15) is 0 Å². The molecule has 27 heavy (non-hydrogen) atoms. The average molecular weight is 369 g/mol. The second kappa shape index (κ2) is 6.98. The summed E-state index contributed by atoms with van der Waals surface area (Å²) in [5, 5.41) is 8.21. The van der Waals surface area contributed by atoms with Crippen LogP contribution in [0.3, 0.4) is 0 Å². The van der Waals surface area contributed by atoms with Crippen molar-refractivity contribution in [3.63, 3.8) is 0 Å². The highest BCUT2D eigenvalue weighted by Gasteiger charge is 2.54. The van der Waals surface area contributed by atoms with Gasteiger partial charge < -0.3 is 16.0 Å². The van der Waals surface area contributed by atoms with Gasteiger partial charge in [-0.05, 0) is 80.5 Å². The number of carbonyl (C=O) groups excluding carboxylic acids is 3. The van der Waals surface area contributed by atoms with Gasteiger partial charge in [-0.15, -0.1) is 0 Å². The lowest BCUT2D eigenvalue weighted by molar-refractivity contribution is -0.146. The summed E-state index contributed by atoms with van der Waals surface area (Å²) in [5.74, 6) is 1.75. The Morgan fingerprint density at radius 3 is 2.04 bits per heavy atom. The smallest absolute Gasteiger partial charge is 0.251 e. The third-order valence-corrected chi connectivity index (χ3v) is 6.59. The van der Waals surface area contributed by atoms with Gasteiger partial charge in [0.1, 0.15) is 0 Å². The molecule has 6 nitrogen and oxygen atoms in total. The molecule has 3 amide bonds. The van der Waals surface area contributed by atoms with E-state index >= 15 is 0 Å². The molecule has 0 heterocycles. The van der Waals surface area contributed by atoms with Crippen molar-refractivity contribution in [3.05, 3.63) is 29.8 Å². The second-order valence-corrected chi connectivity index (χ2v) is 8.59. The van der Waals surface area contributed by atoms with Crippen molar-refractivity contribution >= 4 is 23.4 Å². The molecule has 0 atom stereocenters. The van der Waals surface area contributed by atoms with Crippen molar-refractivity contribution < 1.29 is 14.4 Å². The van der Waals surface area contributed by atoms with Gasteiger partial charge in [-0.25, -0.2) is 0 Å². The molecule has 1 aromatic rings. The standard InChI is InChI=1S/C21H27N3O3/c1-22-19(26)16-2-4-17(5-3-16)24-18(25)12-23-20(27)21-9-13-6-14(10-21)8-15(7-13)11-21/h2-5,13-15H,6-12H2,1H3,(H,22,26)(H,23,27)(H,24,25).